The van der Waals surface area contributed by atoms with Gasteiger partial charge in [-0.05, 0) is 24.3 Å². The number of nitro benzene ring substituents is 1. The number of phenols is 2. The number of aromatic hydroxyl groups is 2. The summed E-state index contributed by atoms with van der Waals surface area (Å²) in [6.07, 6.45) is 1.48. The monoisotopic (exact) mass is 297 g/mol. The largest absolute Gasteiger partial charge is 0.508 e. The second-order valence-electron chi connectivity index (χ2n) is 4.58. The van der Waals surface area contributed by atoms with Gasteiger partial charge in [0.15, 0.2) is 0 Å². The molecule has 2 N–H and O–H groups in total. The van der Waals surface area contributed by atoms with E-state index in [1.807, 2.05) is 0 Å². The molecule has 0 aliphatic rings. The van der Waals surface area contributed by atoms with Crippen molar-refractivity contribution in [1.82, 2.24) is 9.78 Å². The van der Waals surface area contributed by atoms with Crippen LogP contribution in [-0.2, 0) is 0 Å². The second-order valence-corrected chi connectivity index (χ2v) is 4.58. The van der Waals surface area contributed by atoms with Crippen LogP contribution >= 0.6 is 0 Å². The fraction of sp³-hybridized carbons (Fsp3) is 0. The van der Waals surface area contributed by atoms with Crippen LogP contribution < -0.4 is 0 Å². The van der Waals surface area contributed by atoms with Crippen LogP contribution in [0.1, 0.15) is 0 Å². The molecule has 1 aromatic heterocycles. The Balaban J connectivity index is 2.20. The lowest BCUT2D eigenvalue weighted by atomic mass is 10.1. The van der Waals surface area contributed by atoms with E-state index in [2.05, 4.69) is 5.10 Å². The van der Waals surface area contributed by atoms with E-state index in [-0.39, 0.29) is 17.2 Å². The maximum Gasteiger partial charge on any atom is 0.294 e. The summed E-state index contributed by atoms with van der Waals surface area (Å²) in [4.78, 5) is 10.7. The number of rotatable bonds is 3. The molecule has 0 amide bonds. The van der Waals surface area contributed by atoms with Gasteiger partial charge in [-0.2, -0.15) is 5.10 Å². The summed E-state index contributed by atoms with van der Waals surface area (Å²) in [6.45, 7) is 0. The number of nitrogens with zero attached hydrogens (tertiary/aromatic N) is 3. The van der Waals surface area contributed by atoms with Gasteiger partial charge >= 0.3 is 0 Å². The topological polar surface area (TPSA) is 101 Å². The summed E-state index contributed by atoms with van der Waals surface area (Å²) in [5, 5.41) is 34.6. The number of phenolic OH excluding ortho intramolecular Hbond substituents is 2. The average Bonchev–Trinajstić information content (AvgIpc) is 2.96. The first-order valence-electron chi connectivity index (χ1n) is 6.38. The molecule has 0 spiro atoms. The maximum absolute atomic E-state index is 11.2. The molecule has 110 valence electrons. The predicted octanol–water partition coefficient (Wildman–Crippen LogP) is 2.86. The van der Waals surface area contributed by atoms with Gasteiger partial charge in [-0.3, -0.25) is 10.1 Å². The molecule has 0 fully saturated rings. The minimum atomic E-state index is -0.489. The molecule has 0 radical (unpaired) electrons. The van der Waals surface area contributed by atoms with Crippen LogP contribution in [0.5, 0.6) is 11.5 Å². The van der Waals surface area contributed by atoms with Crippen molar-refractivity contribution < 1.29 is 15.1 Å². The molecule has 0 unspecified atom stereocenters. The number of hydrogen-bond donors (Lipinski definition) is 2. The molecular formula is C15H11N3O4. The molecule has 7 nitrogen and oxygen atoms in total. The quantitative estimate of drug-likeness (QED) is 0.571. The minimum absolute atomic E-state index is 0.0713. The molecule has 0 atom stereocenters. The van der Waals surface area contributed by atoms with Crippen molar-refractivity contribution in [1.29, 1.82) is 0 Å². The Morgan fingerprint density at radius 1 is 1.09 bits per heavy atom. The predicted molar refractivity (Wildman–Crippen MR) is 79.0 cm³/mol. The van der Waals surface area contributed by atoms with Gasteiger partial charge in [-0.25, -0.2) is 4.68 Å². The molecule has 1 heterocycles. The van der Waals surface area contributed by atoms with Crippen molar-refractivity contribution >= 4 is 5.69 Å². The van der Waals surface area contributed by atoms with E-state index in [4.69, 9.17) is 0 Å². The van der Waals surface area contributed by atoms with E-state index in [1.54, 1.807) is 24.3 Å². The molecule has 0 bridgehead atoms. The Bertz CT molecular complexity index is 857. The van der Waals surface area contributed by atoms with Gasteiger partial charge < -0.3 is 10.2 Å². The Morgan fingerprint density at radius 2 is 1.86 bits per heavy atom. The molecule has 0 aliphatic heterocycles. The highest BCUT2D eigenvalue weighted by Crippen LogP contribution is 2.34. The van der Waals surface area contributed by atoms with Gasteiger partial charge in [0.2, 0.25) is 0 Å². The van der Waals surface area contributed by atoms with Crippen LogP contribution in [-0.4, -0.2) is 24.9 Å². The first kappa shape index (κ1) is 13.6. The molecule has 0 aliphatic carbocycles. The summed E-state index contributed by atoms with van der Waals surface area (Å²) in [6, 6.07) is 12.0. The zero-order chi connectivity index (χ0) is 15.7. The first-order valence-corrected chi connectivity index (χ1v) is 6.38. The van der Waals surface area contributed by atoms with Gasteiger partial charge in [0.05, 0.1) is 16.8 Å². The number of hydrogen-bond acceptors (Lipinski definition) is 5. The van der Waals surface area contributed by atoms with Crippen LogP contribution in [0.25, 0.3) is 16.9 Å². The fourth-order valence-corrected chi connectivity index (χ4v) is 2.23. The summed E-state index contributed by atoms with van der Waals surface area (Å²) in [7, 11) is 0. The molecule has 7 heteroatoms. The van der Waals surface area contributed by atoms with Crippen molar-refractivity contribution in [3.8, 4) is 28.4 Å². The second kappa shape index (κ2) is 5.21. The Morgan fingerprint density at radius 3 is 2.59 bits per heavy atom. The SMILES string of the molecule is O=[N+]([O-])c1ccccc1-n1nccc1-c1ccc(O)cc1O. The zero-order valence-corrected chi connectivity index (χ0v) is 11.2. The Hall–Kier alpha value is -3.35. The van der Waals surface area contributed by atoms with E-state index in [0.717, 1.165) is 0 Å². The van der Waals surface area contributed by atoms with E-state index >= 15 is 0 Å². The molecule has 0 saturated carbocycles. The standard InChI is InChI=1S/C15H11N3O4/c19-10-5-6-11(15(20)9-10)12-7-8-16-17(12)13-3-1-2-4-14(13)18(21)22/h1-9,19-20H. The minimum Gasteiger partial charge on any atom is -0.508 e. The Kier molecular flexibility index (Phi) is 3.23. The van der Waals surface area contributed by atoms with Crippen molar-refractivity contribution in [3.63, 3.8) is 0 Å². The molecule has 3 rings (SSSR count). The van der Waals surface area contributed by atoms with Gasteiger partial charge in [-0.15, -0.1) is 0 Å². The molecule has 3 aromatic rings. The van der Waals surface area contributed by atoms with Gasteiger partial charge in [0, 0.05) is 17.7 Å². The molecular weight excluding hydrogens is 286 g/mol. The average molecular weight is 297 g/mol. The van der Waals surface area contributed by atoms with Crippen LogP contribution in [0.3, 0.4) is 0 Å². The van der Waals surface area contributed by atoms with E-state index in [9.17, 15) is 20.3 Å². The van der Waals surface area contributed by atoms with Crippen LogP contribution in [0.4, 0.5) is 5.69 Å². The van der Waals surface area contributed by atoms with Gasteiger partial charge in [0.1, 0.15) is 17.2 Å². The highest BCUT2D eigenvalue weighted by atomic mass is 16.6. The first-order chi connectivity index (χ1) is 10.6. The number of benzene rings is 2. The lowest BCUT2D eigenvalue weighted by molar-refractivity contribution is -0.384. The van der Waals surface area contributed by atoms with Gasteiger partial charge in [-0.1, -0.05) is 12.1 Å². The number of nitro groups is 1. The van der Waals surface area contributed by atoms with Gasteiger partial charge in [0.25, 0.3) is 5.69 Å². The van der Waals surface area contributed by atoms with Crippen molar-refractivity contribution in [2.75, 3.05) is 0 Å². The lowest BCUT2D eigenvalue weighted by Crippen LogP contribution is -2.03. The summed E-state index contributed by atoms with van der Waals surface area (Å²) in [5.74, 6) is -0.210. The maximum atomic E-state index is 11.2. The third-order valence-corrected chi connectivity index (χ3v) is 3.21. The highest BCUT2D eigenvalue weighted by molar-refractivity contribution is 5.71. The van der Waals surface area contributed by atoms with Crippen molar-refractivity contribution in [2.24, 2.45) is 0 Å². The third-order valence-electron chi connectivity index (χ3n) is 3.21. The molecule has 22 heavy (non-hydrogen) atoms. The smallest absolute Gasteiger partial charge is 0.294 e. The zero-order valence-electron chi connectivity index (χ0n) is 11.2. The normalized spacial score (nSPS) is 10.5. The van der Waals surface area contributed by atoms with E-state index in [1.165, 1.54) is 35.1 Å². The molecule has 2 aromatic carbocycles. The van der Waals surface area contributed by atoms with Crippen LogP contribution in [0, 0.1) is 10.1 Å². The van der Waals surface area contributed by atoms with Crippen LogP contribution in [0.2, 0.25) is 0 Å². The fourth-order valence-electron chi connectivity index (χ4n) is 2.23. The summed E-state index contributed by atoms with van der Waals surface area (Å²) < 4.78 is 1.38. The van der Waals surface area contributed by atoms with Crippen LogP contribution in [0.15, 0.2) is 54.7 Å². The molecule has 0 saturated heterocycles. The summed E-state index contributed by atoms with van der Waals surface area (Å²) >= 11 is 0. The van der Waals surface area contributed by atoms with E-state index in [0.29, 0.717) is 16.9 Å². The number of aromatic nitrogens is 2. The Labute approximate surface area is 124 Å². The number of para-hydroxylation sites is 2. The highest BCUT2D eigenvalue weighted by Gasteiger charge is 2.19. The van der Waals surface area contributed by atoms with Crippen molar-refractivity contribution in [2.45, 2.75) is 0 Å². The third kappa shape index (κ3) is 2.24. The van der Waals surface area contributed by atoms with Crippen molar-refractivity contribution in [3.05, 3.63) is 64.8 Å². The van der Waals surface area contributed by atoms with E-state index < -0.39 is 4.92 Å². The lowest BCUT2D eigenvalue weighted by Gasteiger charge is -2.09. The summed E-state index contributed by atoms with van der Waals surface area (Å²) in [5.41, 5.74) is 1.09.